The van der Waals surface area contributed by atoms with Gasteiger partial charge in [-0.3, -0.25) is 0 Å². The van der Waals surface area contributed by atoms with Crippen LogP contribution in [0.5, 0.6) is 11.5 Å². The summed E-state index contributed by atoms with van der Waals surface area (Å²) in [5, 5.41) is 4.69. The molecule has 7 rings (SSSR count). The maximum absolute atomic E-state index is 6.33. The SMILES string of the molecule is COc1cc(C=C2CC3(CC3)CN3C2=NOC32CCOc3ccccc32)ccc1-n1cnc(C)c1. The fraction of sp³-hybridized carbons (Fsp3) is 0.357. The van der Waals surface area contributed by atoms with Gasteiger partial charge in [-0.15, -0.1) is 0 Å². The van der Waals surface area contributed by atoms with Gasteiger partial charge in [0, 0.05) is 19.2 Å². The average Bonchev–Trinajstić information content (AvgIpc) is 3.31. The Morgan fingerprint density at radius 3 is 2.80 bits per heavy atom. The van der Waals surface area contributed by atoms with Gasteiger partial charge in [0.15, 0.2) is 5.84 Å². The Morgan fingerprint density at radius 2 is 2.00 bits per heavy atom. The van der Waals surface area contributed by atoms with E-state index in [4.69, 9.17) is 19.5 Å². The number of oxime groups is 1. The Hall–Kier alpha value is -3.74. The number of methoxy groups -OCH3 is 1. The van der Waals surface area contributed by atoms with E-state index >= 15 is 0 Å². The molecule has 7 heteroatoms. The Kier molecular flexibility index (Phi) is 4.35. The number of fused-ring (bicyclic) bond motifs is 4. The van der Waals surface area contributed by atoms with Crippen molar-refractivity contribution in [2.24, 2.45) is 10.6 Å². The maximum atomic E-state index is 6.33. The molecule has 4 heterocycles. The van der Waals surface area contributed by atoms with Gasteiger partial charge in [-0.1, -0.05) is 23.4 Å². The molecule has 0 radical (unpaired) electrons. The van der Waals surface area contributed by atoms with Gasteiger partial charge in [-0.25, -0.2) is 4.98 Å². The third-order valence-corrected chi connectivity index (χ3v) is 7.82. The first kappa shape index (κ1) is 20.6. The Balaban J connectivity index is 1.27. The van der Waals surface area contributed by atoms with E-state index in [2.05, 4.69) is 46.3 Å². The minimum atomic E-state index is -0.583. The first-order valence-electron chi connectivity index (χ1n) is 12.3. The first-order valence-corrected chi connectivity index (χ1v) is 12.3. The quantitative estimate of drug-likeness (QED) is 0.539. The highest BCUT2D eigenvalue weighted by atomic mass is 16.7. The summed E-state index contributed by atoms with van der Waals surface area (Å²) in [5.41, 5.74) is 5.05. The lowest BCUT2D eigenvalue weighted by Crippen LogP contribution is -2.53. The van der Waals surface area contributed by atoms with Gasteiger partial charge in [0.1, 0.15) is 11.5 Å². The molecule has 1 saturated heterocycles. The van der Waals surface area contributed by atoms with Crippen molar-refractivity contribution in [1.82, 2.24) is 14.5 Å². The van der Waals surface area contributed by atoms with E-state index in [1.165, 1.54) is 18.4 Å². The highest BCUT2D eigenvalue weighted by Crippen LogP contribution is 2.58. The molecule has 2 aromatic carbocycles. The lowest BCUT2D eigenvalue weighted by atomic mass is 9.85. The van der Waals surface area contributed by atoms with Gasteiger partial charge < -0.3 is 23.8 Å². The number of benzene rings is 2. The van der Waals surface area contributed by atoms with E-state index < -0.39 is 5.72 Å². The van der Waals surface area contributed by atoms with Crippen LogP contribution in [0.3, 0.4) is 0 Å². The largest absolute Gasteiger partial charge is 0.495 e. The minimum Gasteiger partial charge on any atom is -0.495 e. The summed E-state index contributed by atoms with van der Waals surface area (Å²) in [5.74, 6) is 2.66. The van der Waals surface area contributed by atoms with Gasteiger partial charge in [0.2, 0.25) is 5.72 Å². The van der Waals surface area contributed by atoms with Gasteiger partial charge in [0.05, 0.1) is 37.0 Å². The fourth-order valence-electron chi connectivity index (χ4n) is 5.80. The van der Waals surface area contributed by atoms with Crippen LogP contribution >= 0.6 is 0 Å². The summed E-state index contributed by atoms with van der Waals surface area (Å²) in [7, 11) is 1.71. The van der Waals surface area contributed by atoms with Crippen molar-refractivity contribution in [2.75, 3.05) is 20.3 Å². The van der Waals surface area contributed by atoms with E-state index in [-0.39, 0.29) is 0 Å². The number of amidine groups is 1. The zero-order valence-corrected chi connectivity index (χ0v) is 20.0. The Bertz CT molecular complexity index is 1390. The first-order chi connectivity index (χ1) is 17.1. The molecule has 4 aliphatic rings. The Labute approximate surface area is 204 Å². The molecular weight excluding hydrogens is 440 g/mol. The number of hydrogen-bond acceptors (Lipinski definition) is 6. The van der Waals surface area contributed by atoms with Crippen molar-refractivity contribution in [3.05, 3.63) is 77.4 Å². The number of piperidine rings is 1. The van der Waals surface area contributed by atoms with Crippen LogP contribution in [0.1, 0.15) is 42.5 Å². The molecule has 1 aliphatic carbocycles. The number of rotatable bonds is 3. The zero-order valence-electron chi connectivity index (χ0n) is 20.0. The predicted molar refractivity (Wildman–Crippen MR) is 133 cm³/mol. The molecule has 2 spiro atoms. The molecule has 35 heavy (non-hydrogen) atoms. The number of para-hydroxylation sites is 1. The van der Waals surface area contributed by atoms with Crippen LogP contribution in [0.2, 0.25) is 0 Å². The number of hydrogen-bond donors (Lipinski definition) is 0. The molecule has 3 aliphatic heterocycles. The number of aryl methyl sites for hydroxylation is 1. The molecule has 1 unspecified atom stereocenters. The van der Waals surface area contributed by atoms with Crippen LogP contribution in [0.4, 0.5) is 0 Å². The molecular formula is C28H28N4O3. The lowest BCUT2D eigenvalue weighted by molar-refractivity contribution is -0.132. The highest BCUT2D eigenvalue weighted by molar-refractivity contribution is 6.04. The third kappa shape index (κ3) is 3.17. The van der Waals surface area contributed by atoms with Crippen LogP contribution < -0.4 is 9.47 Å². The topological polar surface area (TPSA) is 61.1 Å². The minimum absolute atomic E-state index is 0.303. The standard InChI is InChI=1S/C28H28N4O3/c1-19-16-31(18-29-19)23-8-7-20(14-25(23)33-2)13-21-15-27(9-10-27)17-32-26(21)30-35-28(32)11-12-34-24-6-4-3-5-22(24)28/h3-8,13-14,16,18H,9-12,15,17H2,1-2H3. The summed E-state index contributed by atoms with van der Waals surface area (Å²) in [6, 6.07) is 14.5. The number of ether oxygens (including phenoxy) is 2. The molecule has 1 atom stereocenters. The van der Waals surface area contributed by atoms with E-state index in [1.807, 2.05) is 36.1 Å². The summed E-state index contributed by atoms with van der Waals surface area (Å²) in [4.78, 5) is 13.1. The second-order valence-corrected chi connectivity index (χ2v) is 10.2. The van der Waals surface area contributed by atoms with Crippen LogP contribution in [0.15, 0.2) is 65.7 Å². The van der Waals surface area contributed by atoms with E-state index in [1.54, 1.807) is 7.11 Å². The monoisotopic (exact) mass is 468 g/mol. The molecule has 7 nitrogen and oxygen atoms in total. The molecule has 0 amide bonds. The third-order valence-electron chi connectivity index (χ3n) is 7.82. The van der Waals surface area contributed by atoms with Crippen LogP contribution in [0, 0.1) is 12.3 Å². The number of aromatic nitrogens is 2. The molecule has 2 fully saturated rings. The van der Waals surface area contributed by atoms with Crippen LogP contribution in [-0.2, 0) is 10.6 Å². The van der Waals surface area contributed by atoms with Crippen LogP contribution in [0.25, 0.3) is 11.8 Å². The summed E-state index contributed by atoms with van der Waals surface area (Å²) in [6.45, 7) is 3.58. The molecule has 178 valence electrons. The van der Waals surface area contributed by atoms with Gasteiger partial charge in [0.25, 0.3) is 0 Å². The van der Waals surface area contributed by atoms with Crippen molar-refractivity contribution in [1.29, 1.82) is 0 Å². The predicted octanol–water partition coefficient (Wildman–Crippen LogP) is 5.04. The molecule has 1 aromatic heterocycles. The van der Waals surface area contributed by atoms with E-state index in [0.29, 0.717) is 12.0 Å². The zero-order chi connectivity index (χ0) is 23.6. The van der Waals surface area contributed by atoms with Crippen molar-refractivity contribution in [2.45, 2.75) is 38.3 Å². The van der Waals surface area contributed by atoms with Gasteiger partial charge >= 0.3 is 0 Å². The molecule has 1 saturated carbocycles. The molecule has 3 aromatic rings. The summed E-state index contributed by atoms with van der Waals surface area (Å²) >= 11 is 0. The van der Waals surface area contributed by atoms with Crippen molar-refractivity contribution < 1.29 is 14.3 Å². The lowest BCUT2D eigenvalue weighted by Gasteiger charge is -2.45. The fourth-order valence-corrected chi connectivity index (χ4v) is 5.80. The van der Waals surface area contributed by atoms with Crippen molar-refractivity contribution in [3.63, 3.8) is 0 Å². The van der Waals surface area contributed by atoms with Gasteiger partial charge in [-0.05, 0) is 73.1 Å². The second kappa shape index (κ2) is 7.38. The normalized spacial score (nSPS) is 24.6. The molecule has 0 N–H and O–H groups in total. The summed E-state index contributed by atoms with van der Waals surface area (Å²) < 4.78 is 13.7. The number of imidazole rings is 1. The van der Waals surface area contributed by atoms with Gasteiger partial charge in [-0.2, -0.15) is 0 Å². The number of nitrogens with zero attached hydrogens (tertiary/aromatic N) is 4. The second-order valence-electron chi connectivity index (χ2n) is 10.2. The van der Waals surface area contributed by atoms with E-state index in [0.717, 1.165) is 59.2 Å². The van der Waals surface area contributed by atoms with Crippen molar-refractivity contribution >= 4 is 11.9 Å². The maximum Gasteiger partial charge on any atom is 0.244 e. The van der Waals surface area contributed by atoms with Crippen LogP contribution in [-0.4, -0.2) is 40.5 Å². The average molecular weight is 469 g/mol. The molecule has 0 bridgehead atoms. The highest BCUT2D eigenvalue weighted by Gasteiger charge is 2.59. The van der Waals surface area contributed by atoms with E-state index in [9.17, 15) is 0 Å². The smallest absolute Gasteiger partial charge is 0.244 e. The van der Waals surface area contributed by atoms with Crippen molar-refractivity contribution in [3.8, 4) is 17.2 Å². The summed E-state index contributed by atoms with van der Waals surface area (Å²) in [6.07, 6.45) is 10.3. The Morgan fingerprint density at radius 1 is 1.11 bits per heavy atom.